The molecule has 0 amide bonds. The SMILES string of the molecule is CO/N=C/c1ccnc(C(Oc2cc(Br)c3ncsc3c2)c2nnco2)c1. The van der Waals surface area contributed by atoms with Gasteiger partial charge in [0.2, 0.25) is 12.5 Å². The Bertz CT molecular complexity index is 1080. The lowest BCUT2D eigenvalue weighted by Crippen LogP contribution is -2.12. The number of fused-ring (bicyclic) bond motifs is 1. The van der Waals surface area contributed by atoms with Crippen molar-refractivity contribution in [3.05, 3.63) is 64.0 Å². The fraction of sp³-hybridized carbons (Fsp3) is 0.118. The summed E-state index contributed by atoms with van der Waals surface area (Å²) in [7, 11) is 1.48. The maximum Gasteiger partial charge on any atom is 0.263 e. The minimum Gasteiger partial charge on any atom is -0.474 e. The van der Waals surface area contributed by atoms with Crippen LogP contribution in [0.2, 0.25) is 0 Å². The molecule has 0 fully saturated rings. The largest absolute Gasteiger partial charge is 0.474 e. The molecule has 1 atom stereocenters. The Balaban J connectivity index is 1.72. The van der Waals surface area contributed by atoms with E-state index >= 15 is 0 Å². The Morgan fingerprint density at radius 3 is 3.04 bits per heavy atom. The standard InChI is InChI=1S/C17H12BrN5O3S/c1-24-22-7-10-2-3-19-13(4-10)16(17-23-21-8-25-17)26-11-5-12(18)15-14(6-11)27-9-20-15/h2-9,16H,1H3/b22-7+. The summed E-state index contributed by atoms with van der Waals surface area (Å²) in [5.41, 5.74) is 4.07. The molecule has 27 heavy (non-hydrogen) atoms. The first-order valence-corrected chi connectivity index (χ1v) is 9.40. The number of nitrogens with zero attached hydrogens (tertiary/aromatic N) is 5. The quantitative estimate of drug-likeness (QED) is 0.327. The third kappa shape index (κ3) is 3.81. The minimum absolute atomic E-state index is 0.295. The zero-order chi connectivity index (χ0) is 18.6. The van der Waals surface area contributed by atoms with E-state index in [0.717, 1.165) is 20.3 Å². The van der Waals surface area contributed by atoms with E-state index < -0.39 is 6.10 Å². The van der Waals surface area contributed by atoms with Gasteiger partial charge in [-0.25, -0.2) is 4.98 Å². The summed E-state index contributed by atoms with van der Waals surface area (Å²) in [5.74, 6) is 0.920. The number of ether oxygens (including phenoxy) is 1. The van der Waals surface area contributed by atoms with Gasteiger partial charge in [0.25, 0.3) is 5.89 Å². The first kappa shape index (κ1) is 17.6. The Kier molecular flexibility index (Phi) is 5.07. The number of thiazole rings is 1. The van der Waals surface area contributed by atoms with Crippen LogP contribution in [-0.4, -0.2) is 33.5 Å². The molecular weight excluding hydrogens is 434 g/mol. The van der Waals surface area contributed by atoms with Crippen LogP contribution in [-0.2, 0) is 4.84 Å². The van der Waals surface area contributed by atoms with Gasteiger partial charge in [-0.1, -0.05) is 5.16 Å². The van der Waals surface area contributed by atoms with E-state index in [9.17, 15) is 0 Å². The van der Waals surface area contributed by atoms with Crippen molar-refractivity contribution in [2.45, 2.75) is 6.10 Å². The van der Waals surface area contributed by atoms with Crippen LogP contribution in [0.3, 0.4) is 0 Å². The number of rotatable bonds is 6. The molecule has 4 aromatic rings. The molecule has 0 saturated carbocycles. The van der Waals surface area contributed by atoms with E-state index in [-0.39, 0.29) is 0 Å². The van der Waals surface area contributed by atoms with Gasteiger partial charge in [-0.3, -0.25) is 4.98 Å². The number of aromatic nitrogens is 4. The van der Waals surface area contributed by atoms with Crippen molar-refractivity contribution in [3.8, 4) is 5.75 Å². The molecule has 0 bridgehead atoms. The molecule has 0 aliphatic rings. The summed E-state index contributed by atoms with van der Waals surface area (Å²) in [6.45, 7) is 0. The molecule has 0 radical (unpaired) electrons. The van der Waals surface area contributed by atoms with Crippen molar-refractivity contribution in [3.63, 3.8) is 0 Å². The number of oxime groups is 1. The van der Waals surface area contributed by atoms with E-state index in [1.54, 1.807) is 24.0 Å². The smallest absolute Gasteiger partial charge is 0.263 e. The van der Waals surface area contributed by atoms with Crippen LogP contribution in [0.4, 0.5) is 0 Å². The molecule has 136 valence electrons. The predicted octanol–water partition coefficient (Wildman–Crippen LogP) is 3.99. The molecule has 8 nitrogen and oxygen atoms in total. The number of hydrogen-bond donors (Lipinski definition) is 0. The molecular formula is C17H12BrN5O3S. The van der Waals surface area contributed by atoms with Crippen LogP contribution < -0.4 is 4.74 Å². The van der Waals surface area contributed by atoms with E-state index in [1.165, 1.54) is 24.8 Å². The van der Waals surface area contributed by atoms with Gasteiger partial charge < -0.3 is 14.0 Å². The Morgan fingerprint density at radius 2 is 2.22 bits per heavy atom. The van der Waals surface area contributed by atoms with Crippen molar-refractivity contribution in [1.82, 2.24) is 20.2 Å². The molecule has 1 unspecified atom stereocenters. The van der Waals surface area contributed by atoms with Gasteiger partial charge in [-0.15, -0.1) is 21.5 Å². The Hall–Kier alpha value is -2.85. The second kappa shape index (κ2) is 7.80. The zero-order valence-corrected chi connectivity index (χ0v) is 16.3. The van der Waals surface area contributed by atoms with Gasteiger partial charge in [0.05, 0.1) is 27.6 Å². The van der Waals surface area contributed by atoms with E-state index in [1.807, 2.05) is 18.2 Å². The van der Waals surface area contributed by atoms with Crippen LogP contribution in [0.1, 0.15) is 23.3 Å². The maximum absolute atomic E-state index is 6.18. The van der Waals surface area contributed by atoms with Gasteiger partial charge >= 0.3 is 0 Å². The second-order valence-corrected chi connectivity index (χ2v) is 7.05. The van der Waals surface area contributed by atoms with Gasteiger partial charge in [0.15, 0.2) is 0 Å². The third-order valence-electron chi connectivity index (χ3n) is 3.60. The fourth-order valence-corrected chi connectivity index (χ4v) is 3.84. The lowest BCUT2D eigenvalue weighted by atomic mass is 10.1. The highest BCUT2D eigenvalue weighted by molar-refractivity contribution is 9.10. The lowest BCUT2D eigenvalue weighted by molar-refractivity contribution is 0.203. The topological polar surface area (TPSA) is 95.5 Å². The van der Waals surface area contributed by atoms with Crippen LogP contribution in [0, 0.1) is 0 Å². The summed E-state index contributed by atoms with van der Waals surface area (Å²) < 4.78 is 13.4. The molecule has 0 aliphatic heterocycles. The summed E-state index contributed by atoms with van der Waals surface area (Å²) >= 11 is 5.06. The minimum atomic E-state index is -0.680. The number of pyridine rings is 1. The van der Waals surface area contributed by atoms with E-state index in [2.05, 4.69) is 41.3 Å². The van der Waals surface area contributed by atoms with Crippen molar-refractivity contribution in [1.29, 1.82) is 0 Å². The highest BCUT2D eigenvalue weighted by Gasteiger charge is 2.24. The molecule has 4 rings (SSSR count). The van der Waals surface area contributed by atoms with Crippen LogP contribution in [0.5, 0.6) is 5.75 Å². The summed E-state index contributed by atoms with van der Waals surface area (Å²) in [5, 5.41) is 11.5. The molecule has 0 saturated heterocycles. The molecule has 3 aromatic heterocycles. The van der Waals surface area contributed by atoms with Gasteiger partial charge in [-0.2, -0.15) is 0 Å². The Morgan fingerprint density at radius 1 is 1.30 bits per heavy atom. The number of halogens is 1. The van der Waals surface area contributed by atoms with Gasteiger partial charge in [-0.05, 0) is 45.8 Å². The summed E-state index contributed by atoms with van der Waals surface area (Å²) in [6.07, 6.45) is 3.81. The molecule has 0 aliphatic carbocycles. The van der Waals surface area contributed by atoms with Crippen LogP contribution >= 0.6 is 27.3 Å². The molecule has 0 spiro atoms. The number of hydrogen-bond acceptors (Lipinski definition) is 9. The van der Waals surface area contributed by atoms with Crippen molar-refractivity contribution in [2.24, 2.45) is 5.16 Å². The first-order valence-electron chi connectivity index (χ1n) is 7.72. The van der Waals surface area contributed by atoms with Crippen molar-refractivity contribution >= 4 is 43.7 Å². The highest BCUT2D eigenvalue weighted by Crippen LogP contribution is 2.34. The van der Waals surface area contributed by atoms with E-state index in [4.69, 9.17) is 14.0 Å². The molecule has 3 heterocycles. The fourth-order valence-electron chi connectivity index (χ4n) is 2.44. The van der Waals surface area contributed by atoms with Crippen LogP contribution in [0.15, 0.2) is 56.4 Å². The number of benzene rings is 1. The lowest BCUT2D eigenvalue weighted by Gasteiger charge is -2.16. The van der Waals surface area contributed by atoms with Gasteiger partial charge in [0.1, 0.15) is 12.9 Å². The normalized spacial score (nSPS) is 12.5. The average Bonchev–Trinajstić information content (AvgIpc) is 3.36. The average molecular weight is 446 g/mol. The zero-order valence-electron chi connectivity index (χ0n) is 13.9. The van der Waals surface area contributed by atoms with Gasteiger partial charge in [0, 0.05) is 10.7 Å². The van der Waals surface area contributed by atoms with Crippen molar-refractivity contribution < 1.29 is 14.0 Å². The Labute approximate surface area is 166 Å². The summed E-state index contributed by atoms with van der Waals surface area (Å²) in [6, 6.07) is 7.38. The molecule has 0 N–H and O–H groups in total. The monoisotopic (exact) mass is 445 g/mol. The van der Waals surface area contributed by atoms with E-state index in [0.29, 0.717) is 17.3 Å². The highest BCUT2D eigenvalue weighted by atomic mass is 79.9. The predicted molar refractivity (Wildman–Crippen MR) is 103 cm³/mol. The van der Waals surface area contributed by atoms with Crippen molar-refractivity contribution in [2.75, 3.05) is 7.11 Å². The molecule has 10 heteroatoms. The summed E-state index contributed by atoms with van der Waals surface area (Å²) in [4.78, 5) is 13.4. The van der Waals surface area contributed by atoms with Crippen LogP contribution in [0.25, 0.3) is 10.2 Å². The first-order chi connectivity index (χ1) is 13.2. The maximum atomic E-state index is 6.18. The third-order valence-corrected chi connectivity index (χ3v) is 4.98. The second-order valence-electron chi connectivity index (χ2n) is 5.31. The molecule has 1 aromatic carbocycles.